The molecule has 0 aliphatic carbocycles. The zero-order chi connectivity index (χ0) is 27.1. The van der Waals surface area contributed by atoms with Crippen molar-refractivity contribution < 1.29 is 34.1 Å². The number of fused-ring (bicyclic) bond motifs is 1. The summed E-state index contributed by atoms with van der Waals surface area (Å²) in [5, 5.41) is 19.7. The lowest BCUT2D eigenvalue weighted by molar-refractivity contribution is -0.144. The van der Waals surface area contributed by atoms with E-state index >= 15 is 0 Å². The molecule has 2 amide bonds. The van der Waals surface area contributed by atoms with E-state index in [0.717, 1.165) is 31.4 Å². The Morgan fingerprint density at radius 2 is 1.92 bits per heavy atom. The number of aliphatic hydroxyl groups excluding tert-OH is 1. The SMILES string of the molecule is CCCCN(CCCO)C(=O)CN1C[C@H](c2ccc3c(c2)OCO3)[C@@H](C(=O)O)[C@@H]1CCCN1CCCC1=O. The van der Waals surface area contributed by atoms with Crippen molar-refractivity contribution in [1.29, 1.82) is 0 Å². The lowest BCUT2D eigenvalue weighted by Gasteiger charge is -2.30. The van der Waals surface area contributed by atoms with Crippen molar-refractivity contribution >= 4 is 17.8 Å². The van der Waals surface area contributed by atoms with Gasteiger partial charge in [-0.15, -0.1) is 0 Å². The highest BCUT2D eigenvalue weighted by atomic mass is 16.7. The fraction of sp³-hybridized carbons (Fsp3) is 0.679. The molecule has 0 spiro atoms. The number of rotatable bonds is 14. The summed E-state index contributed by atoms with van der Waals surface area (Å²) in [4.78, 5) is 43.9. The van der Waals surface area contributed by atoms with Crippen molar-refractivity contribution in [3.05, 3.63) is 23.8 Å². The minimum atomic E-state index is -0.881. The maximum atomic E-state index is 13.4. The molecule has 10 nitrogen and oxygen atoms in total. The van der Waals surface area contributed by atoms with Crippen LogP contribution < -0.4 is 9.47 Å². The van der Waals surface area contributed by atoms with E-state index in [4.69, 9.17) is 9.47 Å². The molecule has 0 saturated carbocycles. The van der Waals surface area contributed by atoms with Crippen LogP contribution in [0.5, 0.6) is 11.5 Å². The van der Waals surface area contributed by atoms with Crippen molar-refractivity contribution in [3.63, 3.8) is 0 Å². The zero-order valence-corrected chi connectivity index (χ0v) is 22.3. The summed E-state index contributed by atoms with van der Waals surface area (Å²) >= 11 is 0. The average molecular weight is 532 g/mol. The summed E-state index contributed by atoms with van der Waals surface area (Å²) < 4.78 is 11.0. The van der Waals surface area contributed by atoms with E-state index in [1.165, 1.54) is 0 Å². The average Bonchev–Trinajstić information content (AvgIpc) is 3.62. The van der Waals surface area contributed by atoms with Gasteiger partial charge >= 0.3 is 5.97 Å². The molecule has 2 N–H and O–H groups in total. The molecular weight excluding hydrogens is 490 g/mol. The molecule has 1 aromatic carbocycles. The van der Waals surface area contributed by atoms with Gasteiger partial charge in [-0.25, -0.2) is 0 Å². The fourth-order valence-corrected chi connectivity index (χ4v) is 6.01. The van der Waals surface area contributed by atoms with Crippen molar-refractivity contribution in [1.82, 2.24) is 14.7 Å². The second kappa shape index (κ2) is 13.3. The van der Waals surface area contributed by atoms with E-state index in [-0.39, 0.29) is 43.7 Å². The molecule has 3 heterocycles. The Hall–Kier alpha value is -2.85. The molecule has 10 heteroatoms. The molecule has 3 aliphatic heterocycles. The molecule has 3 atom stereocenters. The number of carboxylic acids is 1. The Morgan fingerprint density at radius 3 is 2.63 bits per heavy atom. The van der Waals surface area contributed by atoms with E-state index in [1.54, 1.807) is 4.90 Å². The van der Waals surface area contributed by atoms with E-state index in [9.17, 15) is 24.6 Å². The minimum absolute atomic E-state index is 0.0186. The number of ether oxygens (including phenoxy) is 2. The second-order valence-electron chi connectivity index (χ2n) is 10.5. The van der Waals surface area contributed by atoms with Crippen molar-refractivity contribution in [2.75, 3.05) is 52.7 Å². The van der Waals surface area contributed by atoms with E-state index < -0.39 is 11.9 Å². The van der Waals surface area contributed by atoms with Crippen LogP contribution in [0, 0.1) is 5.92 Å². The first-order valence-electron chi connectivity index (χ1n) is 14.0. The van der Waals surface area contributed by atoms with Gasteiger partial charge in [0, 0.05) is 57.7 Å². The van der Waals surface area contributed by atoms with Gasteiger partial charge in [-0.1, -0.05) is 19.4 Å². The summed E-state index contributed by atoms with van der Waals surface area (Å²) in [6, 6.07) is 5.24. The first-order valence-corrected chi connectivity index (χ1v) is 14.0. The summed E-state index contributed by atoms with van der Waals surface area (Å²) in [7, 11) is 0. The van der Waals surface area contributed by atoms with Crippen molar-refractivity contribution in [2.45, 2.75) is 63.8 Å². The Labute approximate surface area is 224 Å². The lowest BCUT2D eigenvalue weighted by Crippen LogP contribution is -2.45. The third-order valence-corrected chi connectivity index (χ3v) is 8.02. The number of aliphatic carboxylic acids is 1. The van der Waals surface area contributed by atoms with Crippen molar-refractivity contribution in [3.8, 4) is 11.5 Å². The van der Waals surface area contributed by atoms with E-state index in [1.807, 2.05) is 28.0 Å². The number of hydrogen-bond acceptors (Lipinski definition) is 7. The number of amides is 2. The molecule has 2 saturated heterocycles. The Kier molecular flexibility index (Phi) is 9.85. The third kappa shape index (κ3) is 6.58. The molecule has 38 heavy (non-hydrogen) atoms. The maximum absolute atomic E-state index is 13.4. The minimum Gasteiger partial charge on any atom is -0.481 e. The Balaban J connectivity index is 1.54. The third-order valence-electron chi connectivity index (χ3n) is 8.02. The highest BCUT2D eigenvalue weighted by Crippen LogP contribution is 2.43. The topological polar surface area (TPSA) is 120 Å². The zero-order valence-electron chi connectivity index (χ0n) is 22.3. The van der Waals surface area contributed by atoms with Gasteiger partial charge in [-0.2, -0.15) is 0 Å². The molecule has 4 rings (SSSR count). The van der Waals surface area contributed by atoms with Crippen LogP contribution in [0.15, 0.2) is 18.2 Å². The second-order valence-corrected chi connectivity index (χ2v) is 10.5. The van der Waals surface area contributed by atoms with Gasteiger partial charge < -0.3 is 29.5 Å². The quantitative estimate of drug-likeness (QED) is 0.375. The van der Waals surface area contributed by atoms with Crippen LogP contribution >= 0.6 is 0 Å². The number of carbonyl (C=O) groups is 3. The van der Waals surface area contributed by atoms with Crippen LogP contribution in [-0.2, 0) is 14.4 Å². The molecule has 0 unspecified atom stereocenters. The van der Waals surface area contributed by atoms with E-state index in [2.05, 4.69) is 6.92 Å². The summed E-state index contributed by atoms with van der Waals surface area (Å²) in [5.74, 6) is -0.510. The van der Waals surface area contributed by atoms with Gasteiger partial charge in [0.25, 0.3) is 0 Å². The van der Waals surface area contributed by atoms with Gasteiger partial charge in [0.2, 0.25) is 18.6 Å². The number of carbonyl (C=O) groups excluding carboxylic acids is 2. The first kappa shape index (κ1) is 28.2. The first-order chi connectivity index (χ1) is 18.4. The van der Waals surface area contributed by atoms with Gasteiger partial charge in [0.15, 0.2) is 11.5 Å². The number of aliphatic hydroxyl groups is 1. The smallest absolute Gasteiger partial charge is 0.308 e. The Morgan fingerprint density at radius 1 is 1.13 bits per heavy atom. The highest BCUT2D eigenvalue weighted by Gasteiger charge is 2.47. The number of carboxylic acid groups (broad SMARTS) is 1. The van der Waals surface area contributed by atoms with Gasteiger partial charge in [-0.3, -0.25) is 19.3 Å². The predicted molar refractivity (Wildman–Crippen MR) is 140 cm³/mol. The van der Waals surface area contributed by atoms with Crippen LogP contribution in [0.1, 0.15) is 63.4 Å². The summed E-state index contributed by atoms with van der Waals surface area (Å²) in [5.41, 5.74) is 0.861. The van der Waals surface area contributed by atoms with Gasteiger partial charge in [-0.05, 0) is 49.8 Å². The molecule has 0 aromatic heterocycles. The van der Waals surface area contributed by atoms with Crippen molar-refractivity contribution in [2.24, 2.45) is 5.92 Å². The van der Waals surface area contributed by atoms with Crippen LogP contribution in [-0.4, -0.2) is 101 Å². The normalized spacial score (nSPS) is 22.8. The molecule has 0 radical (unpaired) electrons. The Bertz CT molecular complexity index is 979. The fourth-order valence-electron chi connectivity index (χ4n) is 6.01. The molecule has 0 bridgehead atoms. The molecule has 1 aromatic rings. The van der Waals surface area contributed by atoms with Crippen LogP contribution in [0.4, 0.5) is 0 Å². The number of hydrogen-bond donors (Lipinski definition) is 2. The maximum Gasteiger partial charge on any atom is 0.308 e. The molecule has 2 fully saturated rings. The molecule has 210 valence electrons. The number of unbranched alkanes of at least 4 members (excludes halogenated alkanes) is 1. The largest absolute Gasteiger partial charge is 0.481 e. The number of likely N-dealkylation sites (tertiary alicyclic amines) is 2. The van der Waals surface area contributed by atoms with Gasteiger partial charge in [0.1, 0.15) is 0 Å². The summed E-state index contributed by atoms with van der Waals surface area (Å²) in [6.45, 7) is 5.28. The van der Waals surface area contributed by atoms with Crippen LogP contribution in [0.3, 0.4) is 0 Å². The number of benzene rings is 1. The molecular formula is C28H41N3O7. The predicted octanol–water partition coefficient (Wildman–Crippen LogP) is 2.30. The summed E-state index contributed by atoms with van der Waals surface area (Å²) in [6.07, 6.45) is 5.06. The highest BCUT2D eigenvalue weighted by molar-refractivity contribution is 5.79. The molecule has 3 aliphatic rings. The van der Waals surface area contributed by atoms with Crippen LogP contribution in [0.2, 0.25) is 0 Å². The van der Waals surface area contributed by atoms with E-state index in [0.29, 0.717) is 63.4 Å². The monoisotopic (exact) mass is 531 g/mol. The number of nitrogens with zero attached hydrogens (tertiary/aromatic N) is 3. The van der Waals surface area contributed by atoms with Gasteiger partial charge in [0.05, 0.1) is 12.5 Å². The van der Waals surface area contributed by atoms with Crippen LogP contribution in [0.25, 0.3) is 0 Å². The standard InChI is InChI=1S/C28H41N3O7/c1-2-3-11-30(14-6-15-32)26(34)18-31-17-21(20-9-10-23-24(16-20)38-19-37-23)27(28(35)36)22(31)7-4-12-29-13-5-8-25(29)33/h9-10,16,21-22,27,32H,2-8,11-15,17-19H2,1H3,(H,35,36)/t21-,22+,27-/m1/s1. The lowest BCUT2D eigenvalue weighted by atomic mass is 9.83.